The maximum absolute atomic E-state index is 12.8. The fraction of sp³-hybridized carbons (Fsp3) is 0.625. The molecule has 1 N–H and O–H groups in total. The van der Waals surface area contributed by atoms with E-state index in [1.54, 1.807) is 15.8 Å². The summed E-state index contributed by atoms with van der Waals surface area (Å²) in [5.74, 6) is 0.536. The molecular weight excluding hydrogens is 298 g/mol. The molecule has 23 heavy (non-hydrogen) atoms. The van der Waals surface area contributed by atoms with Gasteiger partial charge >= 0.3 is 0 Å². The van der Waals surface area contributed by atoms with Crippen molar-refractivity contribution in [3.05, 3.63) is 28.2 Å². The lowest BCUT2D eigenvalue weighted by molar-refractivity contribution is -0.00324. The van der Waals surface area contributed by atoms with Gasteiger partial charge in [0.25, 0.3) is 5.91 Å². The number of hydrogen-bond donors (Lipinski definition) is 1. The topological polar surface area (TPSA) is 72.8 Å². The summed E-state index contributed by atoms with van der Waals surface area (Å²) in [5, 5.41) is 0. The minimum Gasteiger partial charge on any atom is -0.487 e. The normalized spacial score (nSPS) is 20.0. The van der Waals surface area contributed by atoms with Crippen molar-refractivity contribution in [1.82, 2.24) is 9.58 Å². The Kier molecular flexibility index (Phi) is 4.56. The molecule has 0 aromatic carbocycles. The van der Waals surface area contributed by atoms with Crippen LogP contribution in [0.15, 0.2) is 17.1 Å². The first-order valence-corrected chi connectivity index (χ1v) is 8.11. The Morgan fingerprint density at radius 3 is 3.04 bits per heavy atom. The minimum absolute atomic E-state index is 0.138. The van der Waals surface area contributed by atoms with Crippen molar-refractivity contribution in [2.45, 2.75) is 32.9 Å². The highest BCUT2D eigenvalue weighted by molar-refractivity contribution is 5.96. The van der Waals surface area contributed by atoms with E-state index in [4.69, 9.17) is 9.47 Å². The van der Waals surface area contributed by atoms with Crippen molar-refractivity contribution in [2.75, 3.05) is 31.8 Å². The molecule has 1 amide bonds. The number of fused-ring (bicyclic) bond motifs is 2. The third kappa shape index (κ3) is 3.19. The molecule has 7 heteroatoms. The molecule has 0 aliphatic carbocycles. The fourth-order valence-corrected chi connectivity index (χ4v) is 2.88. The van der Waals surface area contributed by atoms with Crippen molar-refractivity contribution in [2.24, 2.45) is 5.92 Å². The monoisotopic (exact) mass is 321 g/mol. The van der Waals surface area contributed by atoms with Crippen molar-refractivity contribution < 1.29 is 14.3 Å². The van der Waals surface area contributed by atoms with Crippen LogP contribution in [-0.2, 0) is 4.74 Å². The quantitative estimate of drug-likeness (QED) is 0.820. The highest BCUT2D eigenvalue weighted by Crippen LogP contribution is 2.22. The molecular formula is C16H23N3O4. The van der Waals surface area contributed by atoms with Crippen molar-refractivity contribution in [1.29, 1.82) is 0 Å². The van der Waals surface area contributed by atoms with Crippen LogP contribution in [-0.4, -0.2) is 48.0 Å². The molecule has 1 aromatic rings. The Bertz CT molecular complexity index is 641. The van der Waals surface area contributed by atoms with E-state index < -0.39 is 0 Å². The lowest BCUT2D eigenvalue weighted by Crippen LogP contribution is -2.59. The molecule has 7 nitrogen and oxygen atoms in total. The third-order valence-electron chi connectivity index (χ3n) is 4.11. The van der Waals surface area contributed by atoms with Gasteiger partial charge in [-0.1, -0.05) is 13.8 Å². The average Bonchev–Trinajstić information content (AvgIpc) is 2.53. The highest BCUT2D eigenvalue weighted by atomic mass is 16.5. The molecule has 126 valence electrons. The zero-order chi connectivity index (χ0) is 16.4. The Balaban J connectivity index is 1.84. The number of ether oxygens (including phenoxy) is 2. The summed E-state index contributed by atoms with van der Waals surface area (Å²) in [6.45, 7) is 6.17. The molecule has 0 unspecified atom stereocenters. The summed E-state index contributed by atoms with van der Waals surface area (Å²) in [7, 11) is 0. The van der Waals surface area contributed by atoms with E-state index in [0.717, 1.165) is 12.8 Å². The van der Waals surface area contributed by atoms with Crippen molar-refractivity contribution >= 4 is 5.91 Å². The van der Waals surface area contributed by atoms with Crippen molar-refractivity contribution in [3.8, 4) is 5.75 Å². The van der Waals surface area contributed by atoms with Crippen LogP contribution >= 0.6 is 0 Å². The molecule has 0 bridgehead atoms. The van der Waals surface area contributed by atoms with Crippen LogP contribution in [0.2, 0.25) is 0 Å². The van der Waals surface area contributed by atoms with Crippen LogP contribution in [0.1, 0.15) is 37.2 Å². The zero-order valence-corrected chi connectivity index (χ0v) is 13.6. The molecule has 3 rings (SSSR count). The van der Waals surface area contributed by atoms with Gasteiger partial charge in [-0.3, -0.25) is 14.3 Å². The number of hydrogen-bond acceptors (Lipinski definition) is 5. The van der Waals surface area contributed by atoms with Gasteiger partial charge in [0.15, 0.2) is 11.4 Å². The van der Waals surface area contributed by atoms with E-state index in [0.29, 0.717) is 32.3 Å². The second-order valence-corrected chi connectivity index (χ2v) is 6.33. The van der Waals surface area contributed by atoms with Gasteiger partial charge in [-0.15, -0.1) is 0 Å². The van der Waals surface area contributed by atoms with Crippen LogP contribution < -0.4 is 15.6 Å². The molecule has 1 atom stereocenters. The van der Waals surface area contributed by atoms with E-state index >= 15 is 0 Å². The SMILES string of the molecule is CC(C)CCCOc1c2n(ccc1=O)N[C@@H]1COCCN1C2=O. The number of aromatic nitrogens is 1. The first-order valence-electron chi connectivity index (χ1n) is 8.11. The van der Waals surface area contributed by atoms with Crippen LogP contribution in [0.5, 0.6) is 5.75 Å². The van der Waals surface area contributed by atoms with Crippen LogP contribution in [0, 0.1) is 5.92 Å². The molecule has 3 heterocycles. The smallest absolute Gasteiger partial charge is 0.278 e. The van der Waals surface area contributed by atoms with Gasteiger partial charge in [0.1, 0.15) is 6.17 Å². The predicted octanol–water partition coefficient (Wildman–Crippen LogP) is 1.02. The van der Waals surface area contributed by atoms with Gasteiger partial charge in [-0.2, -0.15) is 0 Å². The molecule has 1 aromatic heterocycles. The Hall–Kier alpha value is -2.02. The number of morpholine rings is 1. The number of pyridine rings is 1. The van der Waals surface area contributed by atoms with Gasteiger partial charge in [0.2, 0.25) is 5.43 Å². The number of nitrogens with one attached hydrogen (secondary N) is 1. The van der Waals surface area contributed by atoms with Gasteiger partial charge in [-0.05, 0) is 18.8 Å². The van der Waals surface area contributed by atoms with E-state index in [1.165, 1.54) is 6.07 Å². The third-order valence-corrected chi connectivity index (χ3v) is 4.11. The second kappa shape index (κ2) is 6.62. The van der Waals surface area contributed by atoms with E-state index in [1.807, 2.05) is 0 Å². The number of carbonyl (C=O) groups is 1. The minimum atomic E-state index is -0.261. The first-order chi connectivity index (χ1) is 11.1. The summed E-state index contributed by atoms with van der Waals surface area (Å²) in [6.07, 6.45) is 3.24. The van der Waals surface area contributed by atoms with Crippen molar-refractivity contribution in [3.63, 3.8) is 0 Å². The summed E-state index contributed by atoms with van der Waals surface area (Å²) in [6, 6.07) is 1.42. The Morgan fingerprint density at radius 2 is 2.26 bits per heavy atom. The lowest BCUT2D eigenvalue weighted by atomic mass is 10.1. The van der Waals surface area contributed by atoms with Gasteiger partial charge in [0.05, 0.1) is 19.8 Å². The number of amides is 1. The van der Waals surface area contributed by atoms with Gasteiger partial charge < -0.3 is 19.8 Å². The first kappa shape index (κ1) is 15.9. The summed E-state index contributed by atoms with van der Waals surface area (Å²) >= 11 is 0. The molecule has 0 saturated carbocycles. The number of rotatable bonds is 5. The molecule has 2 aliphatic rings. The lowest BCUT2D eigenvalue weighted by Gasteiger charge is -2.41. The molecule has 1 saturated heterocycles. The summed E-state index contributed by atoms with van der Waals surface area (Å²) in [4.78, 5) is 26.6. The number of nitrogens with zero attached hydrogens (tertiary/aromatic N) is 2. The maximum atomic E-state index is 12.8. The summed E-state index contributed by atoms with van der Waals surface area (Å²) in [5.41, 5.74) is 3.20. The highest BCUT2D eigenvalue weighted by Gasteiger charge is 2.36. The van der Waals surface area contributed by atoms with Crippen LogP contribution in [0.4, 0.5) is 0 Å². The second-order valence-electron chi connectivity index (χ2n) is 6.33. The largest absolute Gasteiger partial charge is 0.487 e. The Morgan fingerprint density at radius 1 is 1.43 bits per heavy atom. The summed E-state index contributed by atoms with van der Waals surface area (Å²) < 4.78 is 12.7. The van der Waals surface area contributed by atoms with Crippen LogP contribution in [0.25, 0.3) is 0 Å². The van der Waals surface area contributed by atoms with E-state index in [-0.39, 0.29) is 28.9 Å². The molecule has 0 spiro atoms. The van der Waals surface area contributed by atoms with E-state index in [2.05, 4.69) is 19.3 Å². The molecule has 0 radical (unpaired) electrons. The fourth-order valence-electron chi connectivity index (χ4n) is 2.88. The average molecular weight is 321 g/mol. The van der Waals surface area contributed by atoms with Gasteiger partial charge in [0, 0.05) is 18.8 Å². The van der Waals surface area contributed by atoms with Crippen LogP contribution in [0.3, 0.4) is 0 Å². The van der Waals surface area contributed by atoms with Gasteiger partial charge in [-0.25, -0.2) is 0 Å². The standard InChI is InChI=1S/C16H23N3O4/c1-11(2)4-3-8-23-15-12(20)5-6-19-14(15)16(21)18-7-9-22-10-13(18)17-19/h5-6,11,13,17H,3-4,7-10H2,1-2H3/t13-/m0/s1. The predicted molar refractivity (Wildman–Crippen MR) is 85.3 cm³/mol. The molecule has 2 aliphatic heterocycles. The zero-order valence-electron chi connectivity index (χ0n) is 13.6. The Labute approximate surface area is 135 Å². The number of carbonyl (C=O) groups excluding carboxylic acids is 1. The maximum Gasteiger partial charge on any atom is 0.278 e. The van der Waals surface area contributed by atoms with E-state index in [9.17, 15) is 9.59 Å². The molecule has 1 fully saturated rings.